The van der Waals surface area contributed by atoms with Crippen molar-refractivity contribution < 1.29 is 0 Å². The minimum absolute atomic E-state index is 0.101. The predicted octanol–water partition coefficient (Wildman–Crippen LogP) is 5.70. The highest BCUT2D eigenvalue weighted by molar-refractivity contribution is 5.81. The molecule has 4 bridgehead atoms. The van der Waals surface area contributed by atoms with Crippen LogP contribution in [-0.2, 0) is 5.41 Å². The Morgan fingerprint density at radius 2 is 1.73 bits per heavy atom. The fourth-order valence-corrected chi connectivity index (χ4v) is 6.26. The molecule has 3 nitrogen and oxygen atoms in total. The second-order valence-electron chi connectivity index (χ2n) is 10.2. The van der Waals surface area contributed by atoms with E-state index in [1.165, 1.54) is 49.8 Å². The van der Waals surface area contributed by atoms with Crippen molar-refractivity contribution in [3.8, 4) is 11.4 Å². The highest BCUT2D eigenvalue weighted by atomic mass is 14.9. The van der Waals surface area contributed by atoms with Gasteiger partial charge in [0.2, 0.25) is 0 Å². The summed E-state index contributed by atoms with van der Waals surface area (Å²) < 4.78 is 0. The lowest BCUT2D eigenvalue weighted by atomic mass is 9.53. The van der Waals surface area contributed by atoms with Crippen molar-refractivity contribution in [1.29, 1.82) is 0 Å². The predicted molar refractivity (Wildman–Crippen MR) is 108 cm³/mol. The zero-order valence-corrected chi connectivity index (χ0v) is 16.3. The van der Waals surface area contributed by atoms with E-state index in [0.29, 0.717) is 0 Å². The number of H-pyrrole nitrogens is 2. The average molecular weight is 350 g/mol. The molecule has 0 unspecified atom stereocenters. The maximum Gasteiger partial charge on any atom is 0.0662 e. The molecule has 0 saturated heterocycles. The largest absolute Gasteiger partial charge is 0.360 e. The smallest absolute Gasteiger partial charge is 0.0662 e. The van der Waals surface area contributed by atoms with Crippen LogP contribution in [0.25, 0.3) is 11.4 Å². The number of nitrogens with zero attached hydrogens (tertiary/aromatic N) is 1. The van der Waals surface area contributed by atoms with Crippen LogP contribution in [0.5, 0.6) is 0 Å². The zero-order chi connectivity index (χ0) is 17.9. The van der Waals surface area contributed by atoms with Gasteiger partial charge >= 0.3 is 0 Å². The number of hydrogen-bond donors (Lipinski definition) is 2. The molecule has 0 amide bonds. The molecule has 26 heavy (non-hydrogen) atoms. The first kappa shape index (κ1) is 16.4. The van der Waals surface area contributed by atoms with Crippen molar-refractivity contribution >= 4 is 6.21 Å². The Hall–Kier alpha value is -1.77. The fourth-order valence-electron chi connectivity index (χ4n) is 6.26. The van der Waals surface area contributed by atoms with Gasteiger partial charge in [0.15, 0.2) is 0 Å². The summed E-state index contributed by atoms with van der Waals surface area (Å²) in [5.41, 5.74) is 5.21. The van der Waals surface area contributed by atoms with Crippen LogP contribution in [0.3, 0.4) is 0 Å². The number of nitrogens with one attached hydrogen (secondary N) is 2. The van der Waals surface area contributed by atoms with Crippen LogP contribution >= 0.6 is 0 Å². The number of hydrogen-bond acceptors (Lipinski definition) is 1. The Kier molecular flexibility index (Phi) is 3.54. The summed E-state index contributed by atoms with van der Waals surface area (Å²) in [6.45, 7) is 6.84. The highest BCUT2D eigenvalue weighted by Gasteiger charge is 2.50. The van der Waals surface area contributed by atoms with E-state index in [-0.39, 0.29) is 11.0 Å². The molecule has 4 saturated carbocycles. The standard InChI is InChI=1S/C23H31N3/c1-22(2,3)19-10-18(26-21(19)20-5-4-6-24-20)14-25-23-11-15-7-16(12-23)9-17(8-15)13-23/h4-6,10,14-17,24,26H,7-9,11-13H2,1-3H3. The molecule has 4 fully saturated rings. The van der Waals surface area contributed by atoms with Crippen molar-refractivity contribution in [3.63, 3.8) is 0 Å². The van der Waals surface area contributed by atoms with Gasteiger partial charge in [0, 0.05) is 12.4 Å². The van der Waals surface area contributed by atoms with E-state index >= 15 is 0 Å². The van der Waals surface area contributed by atoms with E-state index in [0.717, 1.165) is 29.1 Å². The van der Waals surface area contributed by atoms with Gasteiger partial charge in [0.25, 0.3) is 0 Å². The summed E-state index contributed by atoms with van der Waals surface area (Å²) >= 11 is 0. The average Bonchev–Trinajstić information content (AvgIpc) is 3.21. The van der Waals surface area contributed by atoms with E-state index in [1.807, 2.05) is 6.20 Å². The summed E-state index contributed by atoms with van der Waals surface area (Å²) in [6, 6.07) is 6.51. The van der Waals surface area contributed by atoms with E-state index in [4.69, 9.17) is 4.99 Å². The van der Waals surface area contributed by atoms with Gasteiger partial charge in [-0.3, -0.25) is 4.99 Å². The highest BCUT2D eigenvalue weighted by Crippen LogP contribution is 2.57. The van der Waals surface area contributed by atoms with Crippen molar-refractivity contribution in [1.82, 2.24) is 9.97 Å². The molecule has 0 aliphatic heterocycles. The van der Waals surface area contributed by atoms with Crippen LogP contribution in [0.1, 0.15) is 70.6 Å². The molecule has 3 heteroatoms. The van der Waals surface area contributed by atoms with Crippen LogP contribution in [0.2, 0.25) is 0 Å². The van der Waals surface area contributed by atoms with E-state index < -0.39 is 0 Å². The molecule has 0 radical (unpaired) electrons. The first-order valence-corrected chi connectivity index (χ1v) is 10.3. The molecule has 4 aliphatic rings. The molecule has 2 N–H and O–H groups in total. The molecular formula is C23H31N3. The molecular weight excluding hydrogens is 318 g/mol. The lowest BCUT2D eigenvalue weighted by Crippen LogP contribution is -2.49. The van der Waals surface area contributed by atoms with E-state index in [2.05, 4.69) is 55.2 Å². The van der Waals surface area contributed by atoms with Gasteiger partial charge in [-0.15, -0.1) is 0 Å². The lowest BCUT2D eigenvalue weighted by molar-refractivity contribution is 0.00194. The normalized spacial score (nSPS) is 33.4. The summed E-state index contributed by atoms with van der Waals surface area (Å²) in [5.74, 6) is 2.84. The number of aromatic amines is 2. The number of aliphatic imine (C=N–C) groups is 1. The van der Waals surface area contributed by atoms with Gasteiger partial charge in [-0.25, -0.2) is 0 Å². The molecule has 2 heterocycles. The van der Waals surface area contributed by atoms with Gasteiger partial charge in [0.05, 0.1) is 22.6 Å². The minimum Gasteiger partial charge on any atom is -0.360 e. The molecule has 0 aromatic carbocycles. The molecule has 4 aliphatic carbocycles. The topological polar surface area (TPSA) is 43.9 Å². The molecule has 0 spiro atoms. The summed E-state index contributed by atoms with van der Waals surface area (Å²) in [4.78, 5) is 12.2. The van der Waals surface area contributed by atoms with Crippen molar-refractivity contribution in [3.05, 3.63) is 35.7 Å². The summed E-state index contributed by atoms with van der Waals surface area (Å²) in [5, 5.41) is 0. The van der Waals surface area contributed by atoms with Crippen LogP contribution < -0.4 is 0 Å². The van der Waals surface area contributed by atoms with Crippen LogP contribution in [0.15, 0.2) is 29.4 Å². The maximum absolute atomic E-state index is 5.24. The lowest BCUT2D eigenvalue weighted by Gasteiger charge is -2.54. The SMILES string of the molecule is CC(C)(C)c1cc(C=NC23CC4CC(CC(C4)C2)C3)[nH]c1-c1ccc[nH]1. The monoisotopic (exact) mass is 349 g/mol. The first-order chi connectivity index (χ1) is 12.4. The molecule has 138 valence electrons. The second-order valence-corrected chi connectivity index (χ2v) is 10.2. The van der Waals surface area contributed by atoms with Gasteiger partial charge in [-0.2, -0.15) is 0 Å². The van der Waals surface area contributed by atoms with Crippen molar-refractivity contribution in [2.24, 2.45) is 22.7 Å². The Morgan fingerprint density at radius 1 is 1.08 bits per heavy atom. The third-order valence-electron chi connectivity index (χ3n) is 7.00. The molecule has 0 atom stereocenters. The third kappa shape index (κ3) is 2.76. The Bertz CT molecular complexity index is 781. The van der Waals surface area contributed by atoms with E-state index in [9.17, 15) is 0 Å². The first-order valence-electron chi connectivity index (χ1n) is 10.3. The molecule has 2 aromatic rings. The maximum atomic E-state index is 5.24. The van der Waals surface area contributed by atoms with Gasteiger partial charge < -0.3 is 9.97 Å². The van der Waals surface area contributed by atoms with Crippen LogP contribution in [0.4, 0.5) is 0 Å². The van der Waals surface area contributed by atoms with Gasteiger partial charge in [-0.05, 0) is 85.5 Å². The molecule has 6 rings (SSSR count). The summed E-state index contributed by atoms with van der Waals surface area (Å²) in [6.07, 6.45) is 12.5. The van der Waals surface area contributed by atoms with Gasteiger partial charge in [0.1, 0.15) is 0 Å². The fraction of sp³-hybridized carbons (Fsp3) is 0.609. The Morgan fingerprint density at radius 3 is 2.27 bits per heavy atom. The van der Waals surface area contributed by atoms with E-state index in [1.54, 1.807) is 0 Å². The second kappa shape index (κ2) is 5.61. The quantitative estimate of drug-likeness (QED) is 0.668. The van der Waals surface area contributed by atoms with Crippen LogP contribution in [0, 0.1) is 17.8 Å². The minimum atomic E-state index is 0.101. The van der Waals surface area contributed by atoms with Gasteiger partial charge in [-0.1, -0.05) is 20.8 Å². The third-order valence-corrected chi connectivity index (χ3v) is 7.00. The Balaban J connectivity index is 1.47. The van der Waals surface area contributed by atoms with Crippen molar-refractivity contribution in [2.75, 3.05) is 0 Å². The summed E-state index contributed by atoms with van der Waals surface area (Å²) in [7, 11) is 0. The van der Waals surface area contributed by atoms with Crippen molar-refractivity contribution in [2.45, 2.75) is 70.3 Å². The number of aromatic nitrogens is 2. The Labute approximate surface area is 156 Å². The zero-order valence-electron chi connectivity index (χ0n) is 16.3. The number of rotatable bonds is 3. The van der Waals surface area contributed by atoms with Crippen LogP contribution in [-0.4, -0.2) is 21.7 Å². The molecule has 2 aromatic heterocycles.